The molecule has 1 heterocycles. The van der Waals surface area contributed by atoms with E-state index in [1.54, 1.807) is 18.2 Å². The second-order valence-corrected chi connectivity index (χ2v) is 4.62. The first-order chi connectivity index (χ1) is 9.58. The first-order valence-corrected chi connectivity index (χ1v) is 6.06. The Kier molecular flexibility index (Phi) is 2.64. The number of nitro benzene ring substituents is 1. The van der Waals surface area contributed by atoms with Crippen LogP contribution in [0.5, 0.6) is 0 Å². The summed E-state index contributed by atoms with van der Waals surface area (Å²) in [6, 6.07) is 10.3. The van der Waals surface area contributed by atoms with E-state index >= 15 is 0 Å². The molecule has 3 aromatic rings. The van der Waals surface area contributed by atoms with Crippen molar-refractivity contribution in [1.29, 1.82) is 0 Å². The number of nitrogens with one attached hydrogen (secondary N) is 1. The molecule has 0 atom stereocenters. The van der Waals surface area contributed by atoms with Crippen molar-refractivity contribution in [2.45, 2.75) is 6.92 Å². The minimum Gasteiger partial charge on any atom is -0.398 e. The van der Waals surface area contributed by atoms with Crippen molar-refractivity contribution in [3.05, 3.63) is 52.1 Å². The molecule has 20 heavy (non-hydrogen) atoms. The van der Waals surface area contributed by atoms with E-state index in [1.807, 2.05) is 19.1 Å². The third-order valence-corrected chi connectivity index (χ3v) is 3.23. The largest absolute Gasteiger partial charge is 0.398 e. The SMILES string of the molecule is Cc1ccc([N+](=O)[O-])c(-c2n[nH]c3cccc(N)c23)c1. The predicted molar refractivity (Wildman–Crippen MR) is 77.3 cm³/mol. The molecule has 100 valence electrons. The third kappa shape index (κ3) is 1.78. The van der Waals surface area contributed by atoms with Crippen molar-refractivity contribution in [2.75, 3.05) is 5.73 Å². The molecular weight excluding hydrogens is 256 g/mol. The van der Waals surface area contributed by atoms with Gasteiger partial charge in [0.25, 0.3) is 5.69 Å². The quantitative estimate of drug-likeness (QED) is 0.424. The van der Waals surface area contributed by atoms with Gasteiger partial charge >= 0.3 is 0 Å². The Balaban J connectivity index is 2.36. The van der Waals surface area contributed by atoms with Crippen LogP contribution in [-0.4, -0.2) is 15.1 Å². The summed E-state index contributed by atoms with van der Waals surface area (Å²) < 4.78 is 0. The summed E-state index contributed by atoms with van der Waals surface area (Å²) >= 11 is 0. The minimum absolute atomic E-state index is 0.0206. The van der Waals surface area contributed by atoms with Gasteiger partial charge in [0.05, 0.1) is 21.4 Å². The number of nitrogens with two attached hydrogens (primary N) is 1. The summed E-state index contributed by atoms with van der Waals surface area (Å²) in [5.74, 6) is 0. The highest BCUT2D eigenvalue weighted by atomic mass is 16.6. The summed E-state index contributed by atoms with van der Waals surface area (Å²) in [6.45, 7) is 1.88. The number of aromatic amines is 1. The molecule has 2 aromatic carbocycles. The molecule has 0 fully saturated rings. The Morgan fingerprint density at radius 1 is 1.30 bits per heavy atom. The second kappa shape index (κ2) is 4.34. The van der Waals surface area contributed by atoms with Crippen LogP contribution in [0.2, 0.25) is 0 Å². The summed E-state index contributed by atoms with van der Waals surface area (Å²) in [4.78, 5) is 10.8. The highest BCUT2D eigenvalue weighted by molar-refractivity contribution is 6.02. The fourth-order valence-corrected chi connectivity index (χ4v) is 2.29. The molecule has 0 saturated heterocycles. The number of H-pyrrole nitrogens is 1. The molecule has 6 heteroatoms. The zero-order valence-corrected chi connectivity index (χ0v) is 10.8. The normalized spacial score (nSPS) is 10.8. The van der Waals surface area contributed by atoms with Crippen molar-refractivity contribution in [3.8, 4) is 11.3 Å². The van der Waals surface area contributed by atoms with E-state index in [4.69, 9.17) is 5.73 Å². The van der Waals surface area contributed by atoms with Crippen LogP contribution in [0.3, 0.4) is 0 Å². The number of aryl methyl sites for hydroxylation is 1. The smallest absolute Gasteiger partial charge is 0.278 e. The van der Waals surface area contributed by atoms with E-state index < -0.39 is 4.92 Å². The molecule has 3 N–H and O–H groups in total. The number of nitrogens with zero attached hydrogens (tertiary/aromatic N) is 2. The molecule has 6 nitrogen and oxygen atoms in total. The molecular formula is C14H12N4O2. The van der Waals surface area contributed by atoms with Gasteiger partial charge in [0.15, 0.2) is 0 Å². The van der Waals surface area contributed by atoms with Crippen LogP contribution in [0, 0.1) is 17.0 Å². The number of fused-ring (bicyclic) bond motifs is 1. The van der Waals surface area contributed by atoms with Gasteiger partial charge in [0.2, 0.25) is 0 Å². The lowest BCUT2D eigenvalue weighted by Crippen LogP contribution is -1.94. The number of hydrogen-bond acceptors (Lipinski definition) is 4. The lowest BCUT2D eigenvalue weighted by Gasteiger charge is -2.03. The number of rotatable bonds is 2. The van der Waals surface area contributed by atoms with Crippen LogP contribution in [0.15, 0.2) is 36.4 Å². The average Bonchev–Trinajstić information content (AvgIpc) is 2.83. The molecule has 0 amide bonds. The van der Waals surface area contributed by atoms with Crippen molar-refractivity contribution < 1.29 is 4.92 Å². The fraction of sp³-hybridized carbons (Fsp3) is 0.0714. The van der Waals surface area contributed by atoms with Crippen molar-refractivity contribution >= 4 is 22.3 Å². The van der Waals surface area contributed by atoms with E-state index in [-0.39, 0.29) is 5.69 Å². The lowest BCUT2D eigenvalue weighted by atomic mass is 10.0. The number of aromatic nitrogens is 2. The van der Waals surface area contributed by atoms with Crippen LogP contribution in [0.25, 0.3) is 22.2 Å². The highest BCUT2D eigenvalue weighted by Gasteiger charge is 2.20. The Labute approximate surface area is 114 Å². The van der Waals surface area contributed by atoms with Gasteiger partial charge in [-0.3, -0.25) is 15.2 Å². The van der Waals surface area contributed by atoms with Crippen LogP contribution in [-0.2, 0) is 0 Å². The molecule has 1 aromatic heterocycles. The first kappa shape index (κ1) is 12.2. The van der Waals surface area contributed by atoms with Crippen LogP contribution in [0.1, 0.15) is 5.56 Å². The molecule has 0 radical (unpaired) electrons. The zero-order valence-electron chi connectivity index (χ0n) is 10.8. The Bertz CT molecular complexity index is 823. The lowest BCUT2D eigenvalue weighted by molar-refractivity contribution is -0.384. The average molecular weight is 268 g/mol. The van der Waals surface area contributed by atoms with Gasteiger partial charge in [-0.05, 0) is 30.7 Å². The number of hydrogen-bond donors (Lipinski definition) is 2. The topological polar surface area (TPSA) is 97.8 Å². The molecule has 0 aliphatic carbocycles. The van der Waals surface area contributed by atoms with Gasteiger partial charge in [-0.2, -0.15) is 5.10 Å². The summed E-state index contributed by atoms with van der Waals surface area (Å²) in [6.07, 6.45) is 0. The van der Waals surface area contributed by atoms with Crippen molar-refractivity contribution in [3.63, 3.8) is 0 Å². The Morgan fingerprint density at radius 3 is 2.85 bits per heavy atom. The molecule has 0 bridgehead atoms. The number of benzene rings is 2. The van der Waals surface area contributed by atoms with Crippen molar-refractivity contribution in [1.82, 2.24) is 10.2 Å². The number of nitrogen functional groups attached to an aromatic ring is 1. The molecule has 0 spiro atoms. The molecule has 0 unspecified atom stereocenters. The number of nitro groups is 1. The third-order valence-electron chi connectivity index (χ3n) is 3.23. The van der Waals surface area contributed by atoms with Gasteiger partial charge in [-0.25, -0.2) is 0 Å². The van der Waals surface area contributed by atoms with Gasteiger partial charge in [-0.15, -0.1) is 0 Å². The Morgan fingerprint density at radius 2 is 2.10 bits per heavy atom. The van der Waals surface area contributed by atoms with Gasteiger partial charge in [0.1, 0.15) is 5.69 Å². The summed E-state index contributed by atoms with van der Waals surface area (Å²) in [5.41, 5.74) is 9.20. The minimum atomic E-state index is -0.408. The van der Waals surface area contributed by atoms with Crippen LogP contribution in [0.4, 0.5) is 11.4 Å². The van der Waals surface area contributed by atoms with Crippen LogP contribution < -0.4 is 5.73 Å². The molecule has 0 saturated carbocycles. The number of anilines is 1. The Hall–Kier alpha value is -2.89. The maximum Gasteiger partial charge on any atom is 0.278 e. The zero-order chi connectivity index (χ0) is 14.3. The molecule has 0 aliphatic heterocycles. The van der Waals surface area contributed by atoms with E-state index in [0.29, 0.717) is 22.3 Å². The van der Waals surface area contributed by atoms with Crippen LogP contribution >= 0.6 is 0 Å². The van der Waals surface area contributed by atoms with E-state index in [9.17, 15) is 10.1 Å². The summed E-state index contributed by atoms with van der Waals surface area (Å²) in [5, 5.41) is 19.0. The fourth-order valence-electron chi connectivity index (χ4n) is 2.29. The van der Waals surface area contributed by atoms with E-state index in [2.05, 4.69) is 10.2 Å². The summed E-state index contributed by atoms with van der Waals surface area (Å²) in [7, 11) is 0. The first-order valence-electron chi connectivity index (χ1n) is 6.06. The highest BCUT2D eigenvalue weighted by Crippen LogP contribution is 2.36. The maximum atomic E-state index is 11.2. The predicted octanol–water partition coefficient (Wildman–Crippen LogP) is 3.03. The molecule has 3 rings (SSSR count). The standard InChI is InChI=1S/C14H12N4O2/c1-8-5-6-12(18(19)20)9(7-8)14-13-10(15)3-2-4-11(13)16-17-14/h2-7H,15H2,1H3,(H,16,17). The van der Waals surface area contributed by atoms with Gasteiger partial charge in [0, 0.05) is 11.8 Å². The monoisotopic (exact) mass is 268 g/mol. The van der Waals surface area contributed by atoms with Crippen molar-refractivity contribution in [2.24, 2.45) is 0 Å². The van der Waals surface area contributed by atoms with Gasteiger partial charge in [-0.1, -0.05) is 12.1 Å². The second-order valence-electron chi connectivity index (χ2n) is 4.62. The molecule has 0 aliphatic rings. The van der Waals surface area contributed by atoms with Gasteiger partial charge < -0.3 is 5.73 Å². The van der Waals surface area contributed by atoms with E-state index in [1.165, 1.54) is 6.07 Å². The van der Waals surface area contributed by atoms with E-state index in [0.717, 1.165) is 11.1 Å². The maximum absolute atomic E-state index is 11.2.